The molecule has 1 aromatic carbocycles. The fourth-order valence-corrected chi connectivity index (χ4v) is 3.70. The van der Waals surface area contributed by atoms with Gasteiger partial charge >= 0.3 is 0 Å². The molecule has 0 aliphatic carbocycles. The van der Waals surface area contributed by atoms with Gasteiger partial charge in [-0.05, 0) is 62.3 Å². The summed E-state index contributed by atoms with van der Waals surface area (Å²) in [7, 11) is 3.81. The number of ketones is 1. The summed E-state index contributed by atoms with van der Waals surface area (Å²) < 4.78 is 5.77. The molecule has 1 aliphatic rings. The van der Waals surface area contributed by atoms with E-state index in [4.69, 9.17) is 4.74 Å². The van der Waals surface area contributed by atoms with Gasteiger partial charge in [-0.2, -0.15) is 0 Å². The SMILES string of the molecule is Cc1cc(OCC(C)C)ccc1/C(O)=C1\C(=O)C(=O)N(CCN(C)C)C1c1cccnc1. The summed E-state index contributed by atoms with van der Waals surface area (Å²) in [6.07, 6.45) is 3.26. The Hall–Kier alpha value is -3.19. The molecule has 3 rings (SSSR count). The molecule has 7 heteroatoms. The van der Waals surface area contributed by atoms with E-state index in [2.05, 4.69) is 18.8 Å². The molecule has 1 atom stereocenters. The first kappa shape index (κ1) is 23.5. The van der Waals surface area contributed by atoms with Crippen molar-refractivity contribution in [1.29, 1.82) is 0 Å². The minimum atomic E-state index is -0.695. The Morgan fingerprint density at radius 1 is 1.25 bits per heavy atom. The number of aliphatic hydroxyl groups excluding tert-OH is 1. The van der Waals surface area contributed by atoms with Crippen LogP contribution in [-0.2, 0) is 9.59 Å². The minimum Gasteiger partial charge on any atom is -0.507 e. The van der Waals surface area contributed by atoms with Gasteiger partial charge in [0.25, 0.3) is 11.7 Å². The lowest BCUT2D eigenvalue weighted by Crippen LogP contribution is -2.35. The van der Waals surface area contributed by atoms with Crippen LogP contribution in [0.1, 0.15) is 36.6 Å². The van der Waals surface area contributed by atoms with Crippen molar-refractivity contribution in [3.05, 3.63) is 65.0 Å². The van der Waals surface area contributed by atoms with Gasteiger partial charge in [0.2, 0.25) is 0 Å². The molecule has 0 spiro atoms. The van der Waals surface area contributed by atoms with Gasteiger partial charge in [-0.15, -0.1) is 0 Å². The maximum Gasteiger partial charge on any atom is 0.295 e. The van der Waals surface area contributed by atoms with Crippen molar-refractivity contribution in [2.45, 2.75) is 26.8 Å². The van der Waals surface area contributed by atoms with Gasteiger partial charge in [0, 0.05) is 31.0 Å². The van der Waals surface area contributed by atoms with Crippen LogP contribution in [-0.4, -0.2) is 65.4 Å². The molecule has 32 heavy (non-hydrogen) atoms. The smallest absolute Gasteiger partial charge is 0.295 e. The molecular formula is C25H31N3O4. The lowest BCUT2D eigenvalue weighted by atomic mass is 9.94. The van der Waals surface area contributed by atoms with E-state index in [1.165, 1.54) is 4.90 Å². The number of rotatable bonds is 8. The van der Waals surface area contributed by atoms with E-state index >= 15 is 0 Å². The maximum atomic E-state index is 13.0. The molecule has 2 heterocycles. The summed E-state index contributed by atoms with van der Waals surface area (Å²) in [5.41, 5.74) is 2.02. The van der Waals surface area contributed by atoms with Crippen molar-refractivity contribution in [2.24, 2.45) is 5.92 Å². The van der Waals surface area contributed by atoms with Crippen LogP contribution in [0.2, 0.25) is 0 Å². The second-order valence-corrected chi connectivity index (χ2v) is 8.76. The second-order valence-electron chi connectivity index (χ2n) is 8.76. The Kier molecular flexibility index (Phi) is 7.30. The van der Waals surface area contributed by atoms with Crippen molar-refractivity contribution in [2.75, 3.05) is 33.8 Å². The number of carbonyl (C=O) groups is 2. The Morgan fingerprint density at radius 3 is 2.59 bits per heavy atom. The zero-order chi connectivity index (χ0) is 23.4. The topological polar surface area (TPSA) is 83.0 Å². The van der Waals surface area contributed by atoms with Crippen LogP contribution >= 0.6 is 0 Å². The van der Waals surface area contributed by atoms with Gasteiger partial charge in [0.05, 0.1) is 18.2 Å². The van der Waals surface area contributed by atoms with Gasteiger partial charge in [-0.25, -0.2) is 0 Å². The third-order valence-electron chi connectivity index (χ3n) is 5.36. The third kappa shape index (κ3) is 4.99. The van der Waals surface area contributed by atoms with Crippen LogP contribution in [0.3, 0.4) is 0 Å². The van der Waals surface area contributed by atoms with E-state index in [0.717, 1.165) is 5.56 Å². The average Bonchev–Trinajstić information content (AvgIpc) is 3.01. The Labute approximate surface area is 189 Å². The Morgan fingerprint density at radius 2 is 2.00 bits per heavy atom. The number of hydrogen-bond acceptors (Lipinski definition) is 6. The van der Waals surface area contributed by atoms with Crippen LogP contribution in [0, 0.1) is 12.8 Å². The van der Waals surface area contributed by atoms with Crippen LogP contribution in [0.4, 0.5) is 0 Å². The summed E-state index contributed by atoms with van der Waals surface area (Å²) in [5.74, 6) is -0.395. The lowest BCUT2D eigenvalue weighted by Gasteiger charge is -2.26. The molecule has 1 saturated heterocycles. The highest BCUT2D eigenvalue weighted by molar-refractivity contribution is 6.46. The fraction of sp³-hybridized carbons (Fsp3) is 0.400. The first-order valence-electron chi connectivity index (χ1n) is 10.8. The molecule has 1 unspecified atom stereocenters. The molecule has 0 bridgehead atoms. The highest BCUT2D eigenvalue weighted by atomic mass is 16.5. The number of carbonyl (C=O) groups excluding carboxylic acids is 2. The number of Topliss-reactive ketones (excluding diaryl/α,β-unsaturated/α-hetero) is 1. The summed E-state index contributed by atoms with van der Waals surface area (Å²) in [4.78, 5) is 33.6. The zero-order valence-electron chi connectivity index (χ0n) is 19.3. The maximum absolute atomic E-state index is 13.0. The van der Waals surface area contributed by atoms with E-state index < -0.39 is 17.7 Å². The molecule has 1 N–H and O–H groups in total. The number of aliphatic hydroxyl groups is 1. The predicted molar refractivity (Wildman–Crippen MR) is 123 cm³/mol. The van der Waals surface area contributed by atoms with Gasteiger partial charge < -0.3 is 19.6 Å². The van der Waals surface area contributed by atoms with Crippen molar-refractivity contribution < 1.29 is 19.4 Å². The number of pyridine rings is 1. The minimum absolute atomic E-state index is 0.0840. The van der Waals surface area contributed by atoms with Crippen molar-refractivity contribution in [3.8, 4) is 5.75 Å². The first-order valence-corrected chi connectivity index (χ1v) is 10.8. The van der Waals surface area contributed by atoms with E-state index in [1.807, 2.05) is 38.1 Å². The third-order valence-corrected chi connectivity index (χ3v) is 5.36. The number of ether oxygens (including phenoxy) is 1. The molecule has 2 aromatic rings. The number of hydrogen-bond donors (Lipinski definition) is 1. The van der Waals surface area contributed by atoms with Gasteiger partial charge in [0.1, 0.15) is 11.5 Å². The van der Waals surface area contributed by atoms with Crippen LogP contribution < -0.4 is 4.74 Å². The van der Waals surface area contributed by atoms with Gasteiger partial charge in [0.15, 0.2) is 0 Å². The summed E-state index contributed by atoms with van der Waals surface area (Å²) in [6.45, 7) is 7.52. The zero-order valence-corrected chi connectivity index (χ0v) is 19.3. The molecule has 1 aromatic heterocycles. The highest BCUT2D eigenvalue weighted by Crippen LogP contribution is 2.39. The number of likely N-dealkylation sites (tertiary alicyclic amines) is 1. The van der Waals surface area contributed by atoms with E-state index in [0.29, 0.717) is 42.5 Å². The van der Waals surface area contributed by atoms with Gasteiger partial charge in [-0.3, -0.25) is 14.6 Å². The molecule has 1 aliphatic heterocycles. The number of nitrogens with zero attached hydrogens (tertiary/aromatic N) is 3. The highest BCUT2D eigenvalue weighted by Gasteiger charge is 2.46. The molecule has 1 amide bonds. The number of likely N-dealkylation sites (N-methyl/N-ethyl adjacent to an activating group) is 1. The molecule has 0 radical (unpaired) electrons. The monoisotopic (exact) mass is 437 g/mol. The summed E-state index contributed by atoms with van der Waals surface area (Å²) >= 11 is 0. The Balaban J connectivity index is 2.06. The summed E-state index contributed by atoms with van der Waals surface area (Å²) in [6, 6.07) is 8.21. The number of benzene rings is 1. The number of aryl methyl sites for hydroxylation is 1. The van der Waals surface area contributed by atoms with Crippen molar-refractivity contribution in [1.82, 2.24) is 14.8 Å². The van der Waals surface area contributed by atoms with Crippen molar-refractivity contribution in [3.63, 3.8) is 0 Å². The van der Waals surface area contributed by atoms with Gasteiger partial charge in [-0.1, -0.05) is 19.9 Å². The summed E-state index contributed by atoms with van der Waals surface area (Å²) in [5, 5.41) is 11.2. The standard InChI is InChI=1S/C25H31N3O4/c1-16(2)15-32-19-8-9-20(17(3)13-19)23(29)21-22(18-7-6-10-26-14-18)28(12-11-27(4)5)25(31)24(21)30/h6-10,13-14,16,22,29H,11-12,15H2,1-5H3/b23-21+. The average molecular weight is 438 g/mol. The number of aromatic nitrogens is 1. The first-order chi connectivity index (χ1) is 15.2. The lowest BCUT2D eigenvalue weighted by molar-refractivity contribution is -0.140. The van der Waals surface area contributed by atoms with Crippen LogP contribution in [0.15, 0.2) is 48.3 Å². The van der Waals surface area contributed by atoms with Crippen molar-refractivity contribution >= 4 is 17.4 Å². The normalized spacial score (nSPS) is 18.1. The van der Waals surface area contributed by atoms with E-state index in [-0.39, 0.29) is 11.3 Å². The van der Waals surface area contributed by atoms with Crippen LogP contribution in [0.5, 0.6) is 5.75 Å². The van der Waals surface area contributed by atoms with E-state index in [1.54, 1.807) is 30.6 Å². The molecular weight excluding hydrogens is 406 g/mol. The molecule has 0 saturated carbocycles. The predicted octanol–water partition coefficient (Wildman–Crippen LogP) is 3.41. The molecule has 170 valence electrons. The quantitative estimate of drug-likeness (QED) is 0.387. The second kappa shape index (κ2) is 9.96. The largest absolute Gasteiger partial charge is 0.507 e. The fourth-order valence-electron chi connectivity index (χ4n) is 3.70. The molecule has 1 fully saturated rings. The Bertz CT molecular complexity index is 1020. The van der Waals surface area contributed by atoms with Crippen LogP contribution in [0.25, 0.3) is 5.76 Å². The number of amides is 1. The van der Waals surface area contributed by atoms with E-state index in [9.17, 15) is 14.7 Å². The molecule has 7 nitrogen and oxygen atoms in total.